The third-order valence-electron chi connectivity index (χ3n) is 6.23. The second kappa shape index (κ2) is 9.46. The van der Waals surface area contributed by atoms with Gasteiger partial charge >= 0.3 is 5.91 Å². The van der Waals surface area contributed by atoms with Crippen LogP contribution >= 0.6 is 0 Å². The minimum absolute atomic E-state index is 0.0129. The number of aliphatic hydroxyl groups excluding tert-OH is 1. The van der Waals surface area contributed by atoms with Crippen molar-refractivity contribution in [3.63, 3.8) is 0 Å². The summed E-state index contributed by atoms with van der Waals surface area (Å²) in [4.78, 5) is 36.0. The molecule has 1 aromatic heterocycles. The fraction of sp³-hybridized carbons (Fsp3) is 0.207. The van der Waals surface area contributed by atoms with Crippen molar-refractivity contribution in [3.8, 4) is 11.5 Å². The number of Topliss-reactive ketones (excluding diaryl/α,β-unsaturated/α-hetero) is 1. The number of imidazole rings is 1. The number of carbonyl (C=O) groups is 2. The predicted octanol–water partition coefficient (Wildman–Crippen LogP) is 5.29. The number of nitrogens with zero attached hydrogens (tertiary/aromatic N) is 2. The first-order valence-corrected chi connectivity index (χ1v) is 12.0. The van der Waals surface area contributed by atoms with Crippen LogP contribution in [-0.2, 0) is 9.59 Å². The summed E-state index contributed by atoms with van der Waals surface area (Å²) in [6, 6.07) is 18.7. The van der Waals surface area contributed by atoms with Crippen molar-refractivity contribution in [3.05, 3.63) is 89.0 Å². The second-order valence-corrected chi connectivity index (χ2v) is 9.19. The quantitative estimate of drug-likeness (QED) is 0.213. The maximum absolute atomic E-state index is 13.5. The molecular formula is C29H27N3O5. The largest absolute Gasteiger partial charge is 0.507 e. The number of methoxy groups -OCH3 is 1. The number of rotatable bonds is 6. The van der Waals surface area contributed by atoms with Gasteiger partial charge in [-0.15, -0.1) is 0 Å². The third kappa shape index (κ3) is 4.31. The van der Waals surface area contributed by atoms with E-state index in [1.165, 1.54) is 12.0 Å². The lowest BCUT2D eigenvalue weighted by Gasteiger charge is -2.23. The fourth-order valence-electron chi connectivity index (χ4n) is 4.58. The molecule has 1 saturated heterocycles. The SMILES string of the molecule is COc1ccccc1/C(O)=C1\C(=O)C(=O)N(c2nc3ccc(C)cc3[nH]2)C1c1ccc(OC(C)C)cc1. The smallest absolute Gasteiger partial charge is 0.302 e. The summed E-state index contributed by atoms with van der Waals surface area (Å²) in [6.45, 7) is 5.82. The van der Waals surface area contributed by atoms with Gasteiger partial charge in [0.2, 0.25) is 5.95 Å². The number of ether oxygens (including phenoxy) is 2. The molecule has 3 aromatic carbocycles. The zero-order chi connectivity index (χ0) is 26.3. The number of anilines is 1. The highest BCUT2D eigenvalue weighted by Gasteiger charge is 2.48. The Morgan fingerprint density at radius 1 is 1.05 bits per heavy atom. The van der Waals surface area contributed by atoms with Crippen molar-refractivity contribution in [1.29, 1.82) is 0 Å². The summed E-state index contributed by atoms with van der Waals surface area (Å²) in [7, 11) is 1.48. The normalized spacial score (nSPS) is 17.1. The first-order chi connectivity index (χ1) is 17.8. The van der Waals surface area contributed by atoms with E-state index < -0.39 is 17.7 Å². The summed E-state index contributed by atoms with van der Waals surface area (Å²) in [6.07, 6.45) is -0.0129. The highest BCUT2D eigenvalue weighted by atomic mass is 16.5. The Balaban J connectivity index is 1.71. The first-order valence-electron chi connectivity index (χ1n) is 12.0. The maximum Gasteiger partial charge on any atom is 0.302 e. The third-order valence-corrected chi connectivity index (χ3v) is 6.23. The molecule has 0 radical (unpaired) electrons. The van der Waals surface area contributed by atoms with Gasteiger partial charge < -0.3 is 19.6 Å². The molecule has 37 heavy (non-hydrogen) atoms. The van der Waals surface area contributed by atoms with Crippen molar-refractivity contribution in [2.45, 2.75) is 32.9 Å². The van der Waals surface area contributed by atoms with E-state index in [1.807, 2.05) is 39.0 Å². The van der Waals surface area contributed by atoms with Crippen LogP contribution in [0, 0.1) is 6.92 Å². The lowest BCUT2D eigenvalue weighted by Crippen LogP contribution is -2.30. The molecule has 8 nitrogen and oxygen atoms in total. The van der Waals surface area contributed by atoms with E-state index in [1.54, 1.807) is 48.5 Å². The molecule has 0 spiro atoms. The maximum atomic E-state index is 13.5. The molecule has 1 atom stereocenters. The standard InChI is InChI=1S/C29H27N3O5/c1-16(2)37-19-12-10-18(11-13-19)25-24(26(33)20-7-5-6-8-23(20)36-4)27(34)28(35)32(25)29-30-21-14-9-17(3)15-22(21)31-29/h5-16,25,33H,1-4H3,(H,30,31)/b26-24+. The minimum atomic E-state index is -0.931. The van der Waals surface area contributed by atoms with Crippen molar-refractivity contribution in [2.75, 3.05) is 12.0 Å². The molecule has 8 heteroatoms. The number of benzene rings is 3. The molecule has 1 unspecified atom stereocenters. The molecule has 1 aliphatic rings. The van der Waals surface area contributed by atoms with Gasteiger partial charge in [-0.25, -0.2) is 4.98 Å². The number of aromatic nitrogens is 2. The minimum Gasteiger partial charge on any atom is -0.507 e. The van der Waals surface area contributed by atoms with Gasteiger partial charge in [0.1, 0.15) is 17.3 Å². The number of fused-ring (bicyclic) bond motifs is 1. The van der Waals surface area contributed by atoms with E-state index in [9.17, 15) is 14.7 Å². The van der Waals surface area contributed by atoms with Crippen LogP contribution in [0.5, 0.6) is 11.5 Å². The second-order valence-electron chi connectivity index (χ2n) is 9.19. The van der Waals surface area contributed by atoms with Crippen molar-refractivity contribution >= 4 is 34.4 Å². The summed E-state index contributed by atoms with van der Waals surface area (Å²) in [5.41, 5.74) is 3.30. The molecular weight excluding hydrogens is 470 g/mol. The topological polar surface area (TPSA) is 105 Å². The number of hydrogen-bond acceptors (Lipinski definition) is 6. The van der Waals surface area contributed by atoms with Crippen LogP contribution in [0.3, 0.4) is 0 Å². The summed E-state index contributed by atoms with van der Waals surface area (Å²) < 4.78 is 11.2. The van der Waals surface area contributed by atoms with Crippen LogP contribution in [-0.4, -0.2) is 40.0 Å². The van der Waals surface area contributed by atoms with E-state index in [0.717, 1.165) is 11.1 Å². The molecule has 188 valence electrons. The molecule has 1 fully saturated rings. The molecule has 1 aliphatic heterocycles. The Morgan fingerprint density at radius 3 is 2.49 bits per heavy atom. The lowest BCUT2D eigenvalue weighted by molar-refractivity contribution is -0.132. The molecule has 1 amide bonds. The molecule has 0 aliphatic carbocycles. The average molecular weight is 498 g/mol. The van der Waals surface area contributed by atoms with Gasteiger partial charge in [-0.05, 0) is 68.3 Å². The Labute approximate surface area is 214 Å². The Morgan fingerprint density at radius 2 is 1.78 bits per heavy atom. The monoisotopic (exact) mass is 497 g/mol. The fourth-order valence-corrected chi connectivity index (χ4v) is 4.58. The van der Waals surface area contributed by atoms with Crippen LogP contribution < -0.4 is 14.4 Å². The van der Waals surface area contributed by atoms with Crippen LogP contribution in [0.4, 0.5) is 5.95 Å². The van der Waals surface area contributed by atoms with Crippen molar-refractivity contribution in [1.82, 2.24) is 9.97 Å². The van der Waals surface area contributed by atoms with Gasteiger partial charge in [-0.1, -0.05) is 30.3 Å². The van der Waals surface area contributed by atoms with E-state index in [2.05, 4.69) is 9.97 Å². The summed E-state index contributed by atoms with van der Waals surface area (Å²) >= 11 is 0. The number of aliphatic hydroxyl groups is 1. The van der Waals surface area contributed by atoms with Crippen LogP contribution in [0.15, 0.2) is 72.3 Å². The van der Waals surface area contributed by atoms with Gasteiger partial charge in [0.25, 0.3) is 5.78 Å². The number of carbonyl (C=O) groups excluding carboxylic acids is 2. The lowest BCUT2D eigenvalue weighted by atomic mass is 9.95. The Bertz CT molecular complexity index is 1530. The van der Waals surface area contributed by atoms with Gasteiger partial charge in [-0.2, -0.15) is 0 Å². The van der Waals surface area contributed by atoms with Gasteiger partial charge in [0.05, 0.1) is 41.4 Å². The number of nitrogens with one attached hydrogen (secondary N) is 1. The average Bonchev–Trinajstić information content (AvgIpc) is 3.41. The van der Waals surface area contributed by atoms with Gasteiger partial charge in [0.15, 0.2) is 0 Å². The molecule has 0 saturated carbocycles. The van der Waals surface area contributed by atoms with E-state index in [0.29, 0.717) is 28.1 Å². The number of H-pyrrole nitrogens is 1. The van der Waals surface area contributed by atoms with Crippen LogP contribution in [0.25, 0.3) is 16.8 Å². The van der Waals surface area contributed by atoms with Crippen LogP contribution in [0.2, 0.25) is 0 Å². The predicted molar refractivity (Wildman–Crippen MR) is 141 cm³/mol. The van der Waals surface area contributed by atoms with Gasteiger partial charge in [0, 0.05) is 0 Å². The molecule has 5 rings (SSSR count). The van der Waals surface area contributed by atoms with Crippen molar-refractivity contribution < 1.29 is 24.2 Å². The molecule has 2 N–H and O–H groups in total. The first kappa shape index (κ1) is 24.1. The number of aryl methyl sites for hydroxylation is 1. The van der Waals surface area contributed by atoms with E-state index in [-0.39, 0.29) is 23.4 Å². The zero-order valence-corrected chi connectivity index (χ0v) is 21.0. The van der Waals surface area contributed by atoms with Crippen molar-refractivity contribution in [2.24, 2.45) is 0 Å². The van der Waals surface area contributed by atoms with Gasteiger partial charge in [-0.3, -0.25) is 14.5 Å². The summed E-state index contributed by atoms with van der Waals surface area (Å²) in [5.74, 6) is -0.677. The molecule has 2 heterocycles. The number of amides is 1. The number of aromatic amines is 1. The highest BCUT2D eigenvalue weighted by molar-refractivity contribution is 6.51. The Hall–Kier alpha value is -4.59. The zero-order valence-electron chi connectivity index (χ0n) is 21.0. The van der Waals surface area contributed by atoms with E-state index in [4.69, 9.17) is 9.47 Å². The van der Waals surface area contributed by atoms with Crippen LogP contribution in [0.1, 0.15) is 36.6 Å². The number of para-hydroxylation sites is 1. The molecule has 0 bridgehead atoms. The van der Waals surface area contributed by atoms with E-state index >= 15 is 0 Å². The number of hydrogen-bond donors (Lipinski definition) is 2. The highest BCUT2D eigenvalue weighted by Crippen LogP contribution is 2.43. The molecule has 4 aromatic rings. The number of ketones is 1. The summed E-state index contributed by atoms with van der Waals surface area (Å²) in [5, 5.41) is 11.4. The Kier molecular flexibility index (Phi) is 6.17.